The Labute approximate surface area is 135 Å². The normalized spacial score (nSPS) is 19.6. The van der Waals surface area contributed by atoms with E-state index in [9.17, 15) is 13.2 Å². The number of halogens is 1. The second kappa shape index (κ2) is 7.69. The van der Waals surface area contributed by atoms with Crippen LogP contribution in [0.5, 0.6) is 5.75 Å². The van der Waals surface area contributed by atoms with Crippen LogP contribution in [0.4, 0.5) is 4.79 Å². The van der Waals surface area contributed by atoms with Crippen LogP contribution in [-0.4, -0.2) is 45.7 Å². The fourth-order valence-corrected chi connectivity index (χ4v) is 4.26. The average Bonchev–Trinajstić information content (AvgIpc) is 2.81. The molecule has 22 heavy (non-hydrogen) atoms. The number of urea groups is 1. The molecule has 6 nitrogen and oxygen atoms in total. The first-order valence-corrected chi connectivity index (χ1v) is 9.25. The topological polar surface area (TPSA) is 84.5 Å². The molecule has 1 aromatic rings. The zero-order valence-corrected chi connectivity index (χ0v) is 13.6. The lowest BCUT2D eigenvalue weighted by Gasteiger charge is -2.11. The first kappa shape index (κ1) is 16.9. The molecule has 2 N–H and O–H groups in total. The van der Waals surface area contributed by atoms with Crippen LogP contribution in [0.15, 0.2) is 24.3 Å². The minimum absolute atomic E-state index is 0.0125. The molecule has 0 aromatic heterocycles. The molecule has 2 amide bonds. The van der Waals surface area contributed by atoms with E-state index in [2.05, 4.69) is 10.6 Å². The molecule has 0 radical (unpaired) electrons. The Bertz CT molecular complexity index is 621. The second-order valence-electron chi connectivity index (χ2n) is 5.21. The van der Waals surface area contributed by atoms with Crippen LogP contribution in [0.3, 0.4) is 0 Å². The lowest BCUT2D eigenvalue weighted by atomic mass is 10.1. The van der Waals surface area contributed by atoms with Gasteiger partial charge in [0.2, 0.25) is 0 Å². The van der Waals surface area contributed by atoms with Gasteiger partial charge in [0, 0.05) is 11.6 Å². The van der Waals surface area contributed by atoms with Crippen LogP contribution in [-0.2, 0) is 9.84 Å². The van der Waals surface area contributed by atoms with E-state index in [1.165, 1.54) is 0 Å². The molecule has 0 spiro atoms. The molecule has 1 aliphatic rings. The van der Waals surface area contributed by atoms with Crippen LogP contribution in [0.25, 0.3) is 0 Å². The molecular weight excluding hydrogens is 328 g/mol. The molecule has 1 fully saturated rings. The SMILES string of the molecule is O=C(NCCOc1cccc(Cl)c1)NC[C@@H]1CCS(=O)(=O)C1. The van der Waals surface area contributed by atoms with Gasteiger partial charge < -0.3 is 15.4 Å². The summed E-state index contributed by atoms with van der Waals surface area (Å²) in [6.07, 6.45) is 0.612. The average molecular weight is 347 g/mol. The maximum absolute atomic E-state index is 11.6. The molecule has 0 unspecified atom stereocenters. The number of carbonyl (C=O) groups excluding carboxylic acids is 1. The van der Waals surface area contributed by atoms with E-state index in [4.69, 9.17) is 16.3 Å². The maximum Gasteiger partial charge on any atom is 0.314 e. The summed E-state index contributed by atoms with van der Waals surface area (Å²) in [5.41, 5.74) is 0. The number of rotatable bonds is 6. The molecule has 8 heteroatoms. The first-order valence-electron chi connectivity index (χ1n) is 7.05. The van der Waals surface area contributed by atoms with Gasteiger partial charge in [-0.2, -0.15) is 0 Å². The highest BCUT2D eigenvalue weighted by atomic mass is 35.5. The summed E-state index contributed by atoms with van der Waals surface area (Å²) in [5.74, 6) is 1.03. The second-order valence-corrected chi connectivity index (χ2v) is 7.88. The molecule has 1 aromatic carbocycles. The summed E-state index contributed by atoms with van der Waals surface area (Å²) >= 11 is 5.83. The van der Waals surface area contributed by atoms with E-state index in [0.29, 0.717) is 36.9 Å². The highest BCUT2D eigenvalue weighted by molar-refractivity contribution is 7.91. The lowest BCUT2D eigenvalue weighted by Crippen LogP contribution is -2.40. The summed E-state index contributed by atoms with van der Waals surface area (Å²) < 4.78 is 28.0. The number of ether oxygens (including phenoxy) is 1. The summed E-state index contributed by atoms with van der Waals surface area (Å²) in [7, 11) is -2.90. The van der Waals surface area contributed by atoms with Gasteiger partial charge in [-0.1, -0.05) is 17.7 Å². The van der Waals surface area contributed by atoms with Crippen molar-refractivity contribution in [2.45, 2.75) is 6.42 Å². The predicted molar refractivity (Wildman–Crippen MR) is 85.1 cm³/mol. The summed E-state index contributed by atoms with van der Waals surface area (Å²) in [6.45, 7) is 1.05. The highest BCUT2D eigenvalue weighted by Crippen LogP contribution is 2.17. The molecule has 0 bridgehead atoms. The van der Waals surface area contributed by atoms with Crippen LogP contribution >= 0.6 is 11.6 Å². The Balaban J connectivity index is 1.58. The molecular formula is C14H19ClN2O4S. The van der Waals surface area contributed by atoms with Gasteiger partial charge in [0.25, 0.3) is 0 Å². The number of nitrogens with one attached hydrogen (secondary N) is 2. The van der Waals surface area contributed by atoms with Gasteiger partial charge in [0.05, 0.1) is 18.1 Å². The Morgan fingerprint density at radius 2 is 2.18 bits per heavy atom. The Morgan fingerprint density at radius 1 is 1.36 bits per heavy atom. The van der Waals surface area contributed by atoms with Crippen molar-refractivity contribution >= 4 is 27.5 Å². The Kier molecular flexibility index (Phi) is 5.90. The number of hydrogen-bond donors (Lipinski definition) is 2. The van der Waals surface area contributed by atoms with Crippen LogP contribution in [0.2, 0.25) is 5.02 Å². The third-order valence-corrected chi connectivity index (χ3v) is 5.40. The third-order valence-electron chi connectivity index (χ3n) is 3.33. The number of carbonyl (C=O) groups is 1. The van der Waals surface area contributed by atoms with Gasteiger partial charge in [0.1, 0.15) is 12.4 Å². The number of sulfone groups is 1. The maximum atomic E-state index is 11.6. The molecule has 0 aliphatic carbocycles. The van der Waals surface area contributed by atoms with Crippen LogP contribution in [0.1, 0.15) is 6.42 Å². The monoisotopic (exact) mass is 346 g/mol. The van der Waals surface area contributed by atoms with Gasteiger partial charge in [0.15, 0.2) is 9.84 Å². The van der Waals surface area contributed by atoms with Gasteiger partial charge in [-0.25, -0.2) is 13.2 Å². The van der Waals surface area contributed by atoms with Crippen molar-refractivity contribution < 1.29 is 17.9 Å². The molecule has 1 aliphatic heterocycles. The van der Waals surface area contributed by atoms with Crippen molar-refractivity contribution in [2.24, 2.45) is 5.92 Å². The fraction of sp³-hybridized carbons (Fsp3) is 0.500. The smallest absolute Gasteiger partial charge is 0.314 e. The van der Waals surface area contributed by atoms with Crippen LogP contribution in [0, 0.1) is 5.92 Å². The standard InChI is InChI=1S/C14H19ClN2O4S/c15-12-2-1-3-13(8-12)21-6-5-16-14(18)17-9-11-4-7-22(19,20)10-11/h1-3,8,11H,4-7,9-10H2,(H2,16,17,18)/t11-/m0/s1. The first-order chi connectivity index (χ1) is 10.4. The van der Waals surface area contributed by atoms with Crippen molar-refractivity contribution in [3.05, 3.63) is 29.3 Å². The molecule has 2 rings (SSSR count). The Hall–Kier alpha value is -1.47. The largest absolute Gasteiger partial charge is 0.492 e. The van der Waals surface area contributed by atoms with E-state index in [0.717, 1.165) is 0 Å². The van der Waals surface area contributed by atoms with Crippen molar-refractivity contribution in [1.29, 1.82) is 0 Å². The van der Waals surface area contributed by atoms with Gasteiger partial charge in [-0.15, -0.1) is 0 Å². The minimum Gasteiger partial charge on any atom is -0.492 e. The van der Waals surface area contributed by atoms with Crippen molar-refractivity contribution in [2.75, 3.05) is 31.2 Å². The summed E-state index contributed by atoms with van der Waals surface area (Å²) in [5, 5.41) is 5.93. The molecule has 0 saturated carbocycles. The minimum atomic E-state index is -2.90. The van der Waals surface area contributed by atoms with Gasteiger partial charge in [-0.05, 0) is 30.5 Å². The van der Waals surface area contributed by atoms with E-state index >= 15 is 0 Å². The quantitative estimate of drug-likeness (QED) is 0.764. The van der Waals surface area contributed by atoms with Gasteiger partial charge >= 0.3 is 6.03 Å². The lowest BCUT2D eigenvalue weighted by molar-refractivity contribution is 0.235. The summed E-state index contributed by atoms with van der Waals surface area (Å²) in [6, 6.07) is 6.70. The van der Waals surface area contributed by atoms with Crippen molar-refractivity contribution in [3.8, 4) is 5.75 Å². The molecule has 1 atom stereocenters. The van der Waals surface area contributed by atoms with Crippen molar-refractivity contribution in [3.63, 3.8) is 0 Å². The Morgan fingerprint density at radius 3 is 2.86 bits per heavy atom. The van der Waals surface area contributed by atoms with Crippen molar-refractivity contribution in [1.82, 2.24) is 10.6 Å². The fourth-order valence-electron chi connectivity index (χ4n) is 2.22. The highest BCUT2D eigenvalue weighted by Gasteiger charge is 2.27. The van der Waals surface area contributed by atoms with Gasteiger partial charge in [-0.3, -0.25) is 0 Å². The van der Waals surface area contributed by atoms with E-state index < -0.39 is 9.84 Å². The van der Waals surface area contributed by atoms with E-state index in [-0.39, 0.29) is 23.5 Å². The zero-order valence-electron chi connectivity index (χ0n) is 12.0. The molecule has 122 valence electrons. The van der Waals surface area contributed by atoms with E-state index in [1.807, 2.05) is 0 Å². The zero-order chi connectivity index (χ0) is 16.0. The predicted octanol–water partition coefficient (Wildman–Crippen LogP) is 1.45. The number of hydrogen-bond acceptors (Lipinski definition) is 4. The summed E-state index contributed by atoms with van der Waals surface area (Å²) in [4.78, 5) is 11.6. The van der Waals surface area contributed by atoms with Crippen LogP contribution < -0.4 is 15.4 Å². The number of amides is 2. The number of benzene rings is 1. The molecule has 1 heterocycles. The molecule has 1 saturated heterocycles. The third kappa shape index (κ3) is 5.73. The van der Waals surface area contributed by atoms with E-state index in [1.54, 1.807) is 24.3 Å².